The first-order valence-electron chi connectivity index (χ1n) is 10.9. The molecule has 174 valence electrons. The van der Waals surface area contributed by atoms with Crippen LogP contribution in [0.25, 0.3) is 10.8 Å². The molecule has 0 amide bonds. The number of anilines is 3. The molecule has 4 aromatic rings. The van der Waals surface area contributed by atoms with Gasteiger partial charge in [0.15, 0.2) is 0 Å². The summed E-state index contributed by atoms with van der Waals surface area (Å²) in [6.07, 6.45) is 1.44. The van der Waals surface area contributed by atoms with Crippen LogP contribution >= 0.6 is 0 Å². The number of hydrogen-bond acceptors (Lipinski definition) is 3. The van der Waals surface area contributed by atoms with Gasteiger partial charge < -0.3 is 10.0 Å². The van der Waals surface area contributed by atoms with Crippen molar-refractivity contribution >= 4 is 45.1 Å². The molecule has 0 aliphatic heterocycles. The Morgan fingerprint density at radius 2 is 1.38 bits per heavy atom. The van der Waals surface area contributed by atoms with Crippen LogP contribution in [0.1, 0.15) is 21.5 Å². The van der Waals surface area contributed by atoms with Gasteiger partial charge in [-0.3, -0.25) is 4.55 Å². The maximum Gasteiger partial charge on any atom is 0.335 e. The van der Waals surface area contributed by atoms with Crippen LogP contribution in [0.2, 0.25) is 0 Å². The second kappa shape index (κ2) is 10.1. The monoisotopic (exact) mass is 474 g/mol. The summed E-state index contributed by atoms with van der Waals surface area (Å²) in [5.74, 6) is -0.942. The Bertz CT molecular complexity index is 1350. The molecule has 0 bridgehead atoms. The third kappa shape index (κ3) is 4.95. The van der Waals surface area contributed by atoms with Crippen molar-refractivity contribution in [3.8, 4) is 0 Å². The minimum absolute atomic E-state index is 0.263. The third-order valence-electron chi connectivity index (χ3n) is 5.78. The lowest BCUT2D eigenvalue weighted by atomic mass is 10.0. The first-order chi connectivity index (χ1) is 16.3. The molecule has 1 atom stereocenters. The summed E-state index contributed by atoms with van der Waals surface area (Å²) in [7, 11) is 3.95. The number of hydrogen-bond donors (Lipinski definition) is 2. The first-order valence-corrected chi connectivity index (χ1v) is 11.9. The predicted molar refractivity (Wildman–Crippen MR) is 138 cm³/mol. The fourth-order valence-corrected chi connectivity index (χ4v) is 4.72. The van der Waals surface area contributed by atoms with Crippen molar-refractivity contribution in [3.05, 3.63) is 102 Å². The van der Waals surface area contributed by atoms with E-state index in [0.717, 1.165) is 34.0 Å². The molecule has 2 N–H and O–H groups in total. The average Bonchev–Trinajstić information content (AvgIpc) is 2.83. The van der Waals surface area contributed by atoms with E-state index in [9.17, 15) is 13.6 Å². The molecule has 4 rings (SSSR count). The van der Waals surface area contributed by atoms with Crippen LogP contribution in [0.5, 0.6) is 0 Å². The van der Waals surface area contributed by atoms with Crippen molar-refractivity contribution < 1.29 is 18.7 Å². The van der Waals surface area contributed by atoms with Crippen molar-refractivity contribution in [3.63, 3.8) is 0 Å². The molecule has 0 aromatic heterocycles. The Morgan fingerprint density at radius 3 is 2.00 bits per heavy atom. The van der Waals surface area contributed by atoms with Gasteiger partial charge in [0.05, 0.1) is 16.9 Å². The van der Waals surface area contributed by atoms with E-state index in [1.54, 1.807) is 12.1 Å². The molecule has 1 unspecified atom stereocenters. The molecule has 0 aliphatic rings. The summed E-state index contributed by atoms with van der Waals surface area (Å²) < 4.78 is 24.2. The van der Waals surface area contributed by atoms with Crippen LogP contribution in [0.4, 0.5) is 17.1 Å². The Kier molecular flexibility index (Phi) is 6.95. The topological polar surface area (TPSA) is 81.1 Å². The van der Waals surface area contributed by atoms with Crippen LogP contribution in [0.15, 0.2) is 84.9 Å². The molecule has 7 heteroatoms. The van der Waals surface area contributed by atoms with Crippen LogP contribution in [-0.2, 0) is 24.1 Å². The highest BCUT2D eigenvalue weighted by Gasteiger charge is 2.19. The molecule has 6 nitrogen and oxygen atoms in total. The highest BCUT2D eigenvalue weighted by molar-refractivity contribution is 7.81. The zero-order chi connectivity index (χ0) is 24.2. The van der Waals surface area contributed by atoms with Gasteiger partial charge in [-0.2, -0.15) is 0 Å². The number of aromatic carboxylic acids is 1. The number of fused-ring (bicyclic) bond motifs is 1. The SMILES string of the molecule is CN(C)c1cccc2c(N(c3cccc(CCc4ccc(C(=O)O)cc4)c3)S(=O)O)cccc12. The number of rotatable bonds is 8. The number of carboxylic acids is 1. The number of nitrogens with zero attached hydrogens (tertiary/aromatic N) is 2. The maximum absolute atomic E-state index is 12.5. The molecule has 0 aliphatic carbocycles. The zero-order valence-corrected chi connectivity index (χ0v) is 19.8. The summed E-state index contributed by atoms with van der Waals surface area (Å²) in [5.41, 5.74) is 4.63. The Balaban J connectivity index is 1.65. The molecule has 0 heterocycles. The van der Waals surface area contributed by atoms with Crippen molar-refractivity contribution in [1.29, 1.82) is 0 Å². The summed E-state index contributed by atoms with van der Waals surface area (Å²) >= 11 is -2.27. The summed E-state index contributed by atoms with van der Waals surface area (Å²) in [6.45, 7) is 0. The lowest BCUT2D eigenvalue weighted by molar-refractivity contribution is 0.0697. The van der Waals surface area contributed by atoms with E-state index in [1.165, 1.54) is 4.31 Å². The fraction of sp³-hybridized carbons (Fsp3) is 0.148. The van der Waals surface area contributed by atoms with E-state index >= 15 is 0 Å². The maximum atomic E-state index is 12.5. The van der Waals surface area contributed by atoms with E-state index in [2.05, 4.69) is 0 Å². The van der Waals surface area contributed by atoms with Gasteiger partial charge in [-0.1, -0.05) is 48.5 Å². The van der Waals surface area contributed by atoms with Gasteiger partial charge in [0.1, 0.15) is 0 Å². The molecular formula is C27H26N2O4S. The van der Waals surface area contributed by atoms with Gasteiger partial charge in [0.25, 0.3) is 11.3 Å². The van der Waals surface area contributed by atoms with Gasteiger partial charge in [0.2, 0.25) is 0 Å². The second-order valence-electron chi connectivity index (χ2n) is 8.24. The number of carboxylic acid groups (broad SMARTS) is 1. The van der Waals surface area contributed by atoms with E-state index in [1.807, 2.05) is 91.8 Å². The Morgan fingerprint density at radius 1 is 0.794 bits per heavy atom. The van der Waals surface area contributed by atoms with Crippen LogP contribution in [0, 0.1) is 0 Å². The van der Waals surface area contributed by atoms with Crippen molar-refractivity contribution in [2.45, 2.75) is 12.8 Å². The van der Waals surface area contributed by atoms with E-state index < -0.39 is 17.2 Å². The normalized spacial score (nSPS) is 11.9. The lowest BCUT2D eigenvalue weighted by Crippen LogP contribution is -2.20. The minimum atomic E-state index is -2.27. The number of benzene rings is 4. The van der Waals surface area contributed by atoms with Gasteiger partial charge in [-0.05, 0) is 60.4 Å². The molecule has 4 aromatic carbocycles. The van der Waals surface area contributed by atoms with Gasteiger partial charge in [0, 0.05) is 30.6 Å². The standard InChI is InChI=1S/C27H26N2O4S/c1-28(2)25-10-4-9-24-23(25)8-5-11-26(24)29(34(32)33)22-7-3-6-20(18-22)13-12-19-14-16-21(17-15-19)27(30)31/h3-11,14-18H,12-13H2,1-2H3,(H,30,31)(H,32,33). The van der Waals surface area contributed by atoms with Gasteiger partial charge in [-0.25, -0.2) is 13.3 Å². The van der Waals surface area contributed by atoms with E-state index in [4.69, 9.17) is 5.11 Å². The van der Waals surface area contributed by atoms with Crippen molar-refractivity contribution in [1.82, 2.24) is 0 Å². The largest absolute Gasteiger partial charge is 0.478 e. The molecule has 0 radical (unpaired) electrons. The molecule has 0 spiro atoms. The van der Waals surface area contributed by atoms with Crippen molar-refractivity contribution in [2.24, 2.45) is 0 Å². The average molecular weight is 475 g/mol. The van der Waals surface area contributed by atoms with Crippen LogP contribution < -0.4 is 9.21 Å². The van der Waals surface area contributed by atoms with Gasteiger partial charge >= 0.3 is 5.97 Å². The summed E-state index contributed by atoms with van der Waals surface area (Å²) in [6, 6.07) is 26.2. The quantitative estimate of drug-likeness (QED) is 0.322. The predicted octanol–water partition coefficient (Wildman–Crippen LogP) is 5.66. The lowest BCUT2D eigenvalue weighted by Gasteiger charge is -2.24. The number of carbonyl (C=O) groups is 1. The Labute approximate surface area is 201 Å². The zero-order valence-electron chi connectivity index (χ0n) is 19.0. The molecular weight excluding hydrogens is 448 g/mol. The molecule has 0 fully saturated rings. The molecule has 0 saturated carbocycles. The van der Waals surface area contributed by atoms with Crippen molar-refractivity contribution in [2.75, 3.05) is 23.3 Å². The fourth-order valence-electron chi connectivity index (χ4n) is 4.10. The smallest absolute Gasteiger partial charge is 0.335 e. The Hall–Kier alpha value is -3.68. The second-order valence-corrected chi connectivity index (χ2v) is 9.07. The molecule has 34 heavy (non-hydrogen) atoms. The summed E-state index contributed by atoms with van der Waals surface area (Å²) in [5, 5.41) is 11.0. The van der Waals surface area contributed by atoms with Crippen LogP contribution in [-0.4, -0.2) is 33.9 Å². The number of aryl methyl sites for hydroxylation is 2. The summed E-state index contributed by atoms with van der Waals surface area (Å²) in [4.78, 5) is 13.1. The van der Waals surface area contributed by atoms with E-state index in [-0.39, 0.29) is 5.56 Å². The third-order valence-corrected chi connectivity index (χ3v) is 6.50. The van der Waals surface area contributed by atoms with Crippen LogP contribution in [0.3, 0.4) is 0 Å². The highest BCUT2D eigenvalue weighted by atomic mass is 32.2. The van der Waals surface area contributed by atoms with Gasteiger partial charge in [-0.15, -0.1) is 0 Å². The molecule has 0 saturated heterocycles. The highest BCUT2D eigenvalue weighted by Crippen LogP contribution is 2.37. The first kappa shape index (κ1) is 23.5. The minimum Gasteiger partial charge on any atom is -0.478 e. The van der Waals surface area contributed by atoms with E-state index in [0.29, 0.717) is 17.8 Å².